The van der Waals surface area contributed by atoms with Crippen LogP contribution in [0.4, 0.5) is 0 Å². The number of methoxy groups -OCH3 is 1. The van der Waals surface area contributed by atoms with Crippen LogP contribution in [0.2, 0.25) is 5.02 Å². The molecule has 0 aliphatic rings. The van der Waals surface area contributed by atoms with Gasteiger partial charge < -0.3 is 10.1 Å². The lowest BCUT2D eigenvalue weighted by molar-refractivity contribution is -0.139. The molecule has 4 nitrogen and oxygen atoms in total. The van der Waals surface area contributed by atoms with Crippen LogP contribution in [-0.4, -0.2) is 24.2 Å². The molecule has 0 radical (unpaired) electrons. The first kappa shape index (κ1) is 18.4. The number of amides is 1. The molecule has 0 bridgehead atoms. The number of benzene rings is 2. The predicted molar refractivity (Wildman–Crippen MR) is 96.4 cm³/mol. The topological polar surface area (TPSA) is 55.4 Å². The predicted octanol–water partition coefficient (Wildman–Crippen LogP) is 3.92. The standard InChI is InChI=1S/C18H18ClNO3S/c1-12(18(22)23-2)24-16-6-4-3-5-15(16)17(21)20-11-13-7-9-14(19)10-8-13/h3-10,12H,11H2,1-2H3,(H,20,21). The molecule has 0 aliphatic heterocycles. The zero-order chi connectivity index (χ0) is 17.5. The molecule has 0 saturated heterocycles. The van der Waals surface area contributed by atoms with Crippen molar-refractivity contribution in [1.82, 2.24) is 5.32 Å². The molecule has 0 heterocycles. The molecule has 0 aromatic heterocycles. The lowest BCUT2D eigenvalue weighted by Gasteiger charge is -2.13. The molecule has 1 unspecified atom stereocenters. The fourth-order valence-corrected chi connectivity index (χ4v) is 3.19. The Labute approximate surface area is 150 Å². The van der Waals surface area contributed by atoms with E-state index in [9.17, 15) is 9.59 Å². The van der Waals surface area contributed by atoms with Gasteiger partial charge in [0.05, 0.1) is 12.7 Å². The van der Waals surface area contributed by atoms with E-state index < -0.39 is 0 Å². The van der Waals surface area contributed by atoms with Crippen LogP contribution in [0, 0.1) is 0 Å². The van der Waals surface area contributed by atoms with Crippen LogP contribution in [0.25, 0.3) is 0 Å². The van der Waals surface area contributed by atoms with Gasteiger partial charge in [0, 0.05) is 16.5 Å². The molecule has 6 heteroatoms. The third-order valence-electron chi connectivity index (χ3n) is 3.33. The number of esters is 1. The minimum absolute atomic E-state index is 0.190. The lowest BCUT2D eigenvalue weighted by atomic mass is 10.2. The van der Waals surface area contributed by atoms with Gasteiger partial charge in [-0.15, -0.1) is 11.8 Å². The maximum Gasteiger partial charge on any atom is 0.318 e. The Hall–Kier alpha value is -1.98. The van der Waals surface area contributed by atoms with E-state index in [4.69, 9.17) is 16.3 Å². The van der Waals surface area contributed by atoms with Crippen LogP contribution in [0.1, 0.15) is 22.8 Å². The number of hydrogen-bond acceptors (Lipinski definition) is 4. The van der Waals surface area contributed by atoms with Gasteiger partial charge in [0.15, 0.2) is 0 Å². The number of thioether (sulfide) groups is 1. The lowest BCUT2D eigenvalue weighted by Crippen LogP contribution is -2.24. The summed E-state index contributed by atoms with van der Waals surface area (Å²) in [5, 5.41) is 3.15. The molecular formula is C18H18ClNO3S. The first-order valence-electron chi connectivity index (χ1n) is 7.37. The Kier molecular flexibility index (Phi) is 6.70. The summed E-state index contributed by atoms with van der Waals surface area (Å²) in [5.74, 6) is -0.513. The van der Waals surface area contributed by atoms with E-state index in [2.05, 4.69) is 5.32 Å². The van der Waals surface area contributed by atoms with Crippen molar-refractivity contribution in [1.29, 1.82) is 0 Å². The van der Waals surface area contributed by atoms with Gasteiger partial charge in [0.1, 0.15) is 5.25 Å². The molecule has 24 heavy (non-hydrogen) atoms. The maximum absolute atomic E-state index is 12.5. The van der Waals surface area contributed by atoms with Crippen molar-refractivity contribution in [3.63, 3.8) is 0 Å². The fourth-order valence-electron chi connectivity index (χ4n) is 2.04. The molecule has 0 saturated carbocycles. The van der Waals surface area contributed by atoms with Gasteiger partial charge in [0.25, 0.3) is 5.91 Å². The molecule has 2 aromatic rings. The summed E-state index contributed by atoms with van der Waals surface area (Å²) < 4.78 is 4.73. The summed E-state index contributed by atoms with van der Waals surface area (Å²) in [5.41, 5.74) is 1.49. The number of rotatable bonds is 6. The van der Waals surface area contributed by atoms with Gasteiger partial charge in [-0.3, -0.25) is 9.59 Å². The van der Waals surface area contributed by atoms with Crippen LogP contribution in [0.3, 0.4) is 0 Å². The SMILES string of the molecule is COC(=O)C(C)Sc1ccccc1C(=O)NCc1ccc(Cl)cc1. The highest BCUT2D eigenvalue weighted by Crippen LogP contribution is 2.27. The van der Waals surface area contributed by atoms with Crippen molar-refractivity contribution in [3.05, 3.63) is 64.7 Å². The third-order valence-corrected chi connectivity index (χ3v) is 4.74. The van der Waals surface area contributed by atoms with E-state index in [1.807, 2.05) is 24.3 Å². The Morgan fingerprint density at radius 3 is 2.50 bits per heavy atom. The fraction of sp³-hybridized carbons (Fsp3) is 0.222. The van der Waals surface area contributed by atoms with E-state index in [0.29, 0.717) is 17.1 Å². The molecule has 1 atom stereocenters. The molecule has 0 aliphatic carbocycles. The first-order chi connectivity index (χ1) is 11.5. The molecule has 1 N–H and O–H groups in total. The smallest absolute Gasteiger partial charge is 0.318 e. The second-order valence-corrected chi connectivity index (χ2v) is 6.91. The van der Waals surface area contributed by atoms with Crippen LogP contribution in [-0.2, 0) is 16.1 Å². The van der Waals surface area contributed by atoms with E-state index in [-0.39, 0.29) is 17.1 Å². The van der Waals surface area contributed by atoms with Crippen molar-refractivity contribution >= 4 is 35.2 Å². The average molecular weight is 364 g/mol. The minimum atomic E-state index is -0.389. The number of nitrogens with one attached hydrogen (secondary N) is 1. The highest BCUT2D eigenvalue weighted by molar-refractivity contribution is 8.00. The largest absolute Gasteiger partial charge is 0.468 e. The van der Waals surface area contributed by atoms with E-state index in [1.54, 1.807) is 31.2 Å². The molecule has 2 rings (SSSR count). The van der Waals surface area contributed by atoms with Gasteiger partial charge in [-0.2, -0.15) is 0 Å². The quantitative estimate of drug-likeness (QED) is 0.624. The highest BCUT2D eigenvalue weighted by atomic mass is 35.5. The Morgan fingerprint density at radius 2 is 1.83 bits per heavy atom. The Balaban J connectivity index is 2.06. The third kappa shape index (κ3) is 5.01. The van der Waals surface area contributed by atoms with Crippen LogP contribution >= 0.6 is 23.4 Å². The van der Waals surface area contributed by atoms with Crippen molar-refractivity contribution < 1.29 is 14.3 Å². The zero-order valence-electron chi connectivity index (χ0n) is 13.4. The molecule has 0 fully saturated rings. The van der Waals surface area contributed by atoms with Crippen LogP contribution < -0.4 is 5.32 Å². The minimum Gasteiger partial charge on any atom is -0.468 e. The zero-order valence-corrected chi connectivity index (χ0v) is 15.0. The van der Waals surface area contributed by atoms with E-state index >= 15 is 0 Å². The van der Waals surface area contributed by atoms with Gasteiger partial charge in [-0.1, -0.05) is 35.9 Å². The molecule has 1 amide bonds. The summed E-state index contributed by atoms with van der Waals surface area (Å²) in [6.45, 7) is 2.15. The molecule has 126 valence electrons. The Bertz CT molecular complexity index is 718. The van der Waals surface area contributed by atoms with E-state index in [0.717, 1.165) is 10.5 Å². The number of halogens is 1. The van der Waals surface area contributed by atoms with Crippen LogP contribution in [0.5, 0.6) is 0 Å². The summed E-state index contributed by atoms with van der Waals surface area (Å²) in [6.07, 6.45) is 0. The summed E-state index contributed by atoms with van der Waals surface area (Å²) in [6, 6.07) is 14.5. The maximum atomic E-state index is 12.5. The highest BCUT2D eigenvalue weighted by Gasteiger charge is 2.18. The van der Waals surface area contributed by atoms with Crippen molar-refractivity contribution in [2.24, 2.45) is 0 Å². The van der Waals surface area contributed by atoms with Crippen LogP contribution in [0.15, 0.2) is 53.4 Å². The second kappa shape index (κ2) is 8.76. The van der Waals surface area contributed by atoms with E-state index in [1.165, 1.54) is 18.9 Å². The van der Waals surface area contributed by atoms with Crippen molar-refractivity contribution in [3.8, 4) is 0 Å². The Morgan fingerprint density at radius 1 is 1.17 bits per heavy atom. The van der Waals surface area contributed by atoms with Gasteiger partial charge in [-0.25, -0.2) is 0 Å². The summed E-state index contributed by atoms with van der Waals surface area (Å²) in [7, 11) is 1.35. The normalized spacial score (nSPS) is 11.6. The second-order valence-electron chi connectivity index (χ2n) is 5.09. The van der Waals surface area contributed by atoms with Gasteiger partial charge >= 0.3 is 5.97 Å². The van der Waals surface area contributed by atoms with Crippen molar-refractivity contribution in [2.45, 2.75) is 23.6 Å². The van der Waals surface area contributed by atoms with Gasteiger partial charge in [-0.05, 0) is 36.8 Å². The number of hydrogen-bond donors (Lipinski definition) is 1. The van der Waals surface area contributed by atoms with Crippen molar-refractivity contribution in [2.75, 3.05) is 7.11 Å². The number of carbonyl (C=O) groups is 2. The summed E-state index contributed by atoms with van der Waals surface area (Å²) >= 11 is 7.15. The number of carbonyl (C=O) groups excluding carboxylic acids is 2. The summed E-state index contributed by atoms with van der Waals surface area (Å²) in [4.78, 5) is 24.8. The first-order valence-corrected chi connectivity index (χ1v) is 8.63. The van der Waals surface area contributed by atoms with Gasteiger partial charge in [0.2, 0.25) is 0 Å². The molecule has 2 aromatic carbocycles. The average Bonchev–Trinajstić information content (AvgIpc) is 2.60. The monoisotopic (exact) mass is 363 g/mol. The number of ether oxygens (including phenoxy) is 1. The molecule has 0 spiro atoms. The molecular weight excluding hydrogens is 346 g/mol.